The average molecular weight is 322 g/mol. The van der Waals surface area contributed by atoms with E-state index in [1.807, 2.05) is 4.57 Å². The fourth-order valence-electron chi connectivity index (χ4n) is 2.08. The average Bonchev–Trinajstić information content (AvgIpc) is 2.88. The molecule has 0 saturated heterocycles. The Morgan fingerprint density at radius 2 is 2.21 bits per heavy atom. The van der Waals surface area contributed by atoms with Gasteiger partial charge in [-0.15, -0.1) is 10.2 Å². The summed E-state index contributed by atoms with van der Waals surface area (Å²) in [5.41, 5.74) is 6.96. The van der Waals surface area contributed by atoms with Gasteiger partial charge in [0, 0.05) is 28.8 Å². The molecule has 19 heavy (non-hydrogen) atoms. The molecule has 0 bridgehead atoms. The molecule has 1 aromatic carbocycles. The predicted molar refractivity (Wildman–Crippen MR) is 73.3 cm³/mol. The largest absolute Gasteiger partial charge is 0.398 e. The van der Waals surface area contributed by atoms with Crippen molar-refractivity contribution in [1.29, 1.82) is 0 Å². The minimum Gasteiger partial charge on any atom is -0.398 e. The minimum absolute atomic E-state index is 0.0186. The molecule has 6 nitrogen and oxygen atoms in total. The molecule has 0 spiro atoms. The first-order valence-electron chi connectivity index (χ1n) is 5.86. The maximum absolute atomic E-state index is 12.4. The highest BCUT2D eigenvalue weighted by molar-refractivity contribution is 9.10. The number of aromatic nitrogens is 3. The van der Waals surface area contributed by atoms with Gasteiger partial charge in [-0.2, -0.15) is 0 Å². The molecule has 0 saturated carbocycles. The third kappa shape index (κ3) is 2.21. The molecule has 0 unspecified atom stereocenters. The summed E-state index contributed by atoms with van der Waals surface area (Å²) in [5.74, 6) is 0.795. The van der Waals surface area contributed by atoms with E-state index in [0.29, 0.717) is 24.3 Å². The van der Waals surface area contributed by atoms with Crippen LogP contribution in [0.4, 0.5) is 5.69 Å². The van der Waals surface area contributed by atoms with Gasteiger partial charge in [-0.05, 0) is 34.1 Å². The van der Waals surface area contributed by atoms with Crippen LogP contribution in [-0.2, 0) is 13.1 Å². The second-order valence-electron chi connectivity index (χ2n) is 4.40. The first-order valence-corrected chi connectivity index (χ1v) is 6.65. The van der Waals surface area contributed by atoms with Gasteiger partial charge >= 0.3 is 0 Å². The van der Waals surface area contributed by atoms with E-state index in [4.69, 9.17) is 5.73 Å². The highest BCUT2D eigenvalue weighted by Crippen LogP contribution is 2.22. The zero-order chi connectivity index (χ0) is 13.4. The summed E-state index contributed by atoms with van der Waals surface area (Å²) in [6.45, 7) is 1.87. The highest BCUT2D eigenvalue weighted by Gasteiger charge is 2.23. The van der Waals surface area contributed by atoms with E-state index in [1.54, 1.807) is 29.4 Å². The molecule has 0 radical (unpaired) electrons. The van der Waals surface area contributed by atoms with E-state index >= 15 is 0 Å². The van der Waals surface area contributed by atoms with E-state index in [1.165, 1.54) is 0 Å². The van der Waals surface area contributed by atoms with Gasteiger partial charge in [0.05, 0.1) is 6.54 Å². The van der Waals surface area contributed by atoms with Gasteiger partial charge in [0.15, 0.2) is 5.82 Å². The summed E-state index contributed by atoms with van der Waals surface area (Å²) in [7, 11) is 0. The number of fused-ring (bicyclic) bond motifs is 1. The first kappa shape index (κ1) is 12.2. The van der Waals surface area contributed by atoms with E-state index in [0.717, 1.165) is 16.8 Å². The molecule has 0 fully saturated rings. The Morgan fingerprint density at radius 1 is 1.37 bits per heavy atom. The Morgan fingerprint density at radius 3 is 3.00 bits per heavy atom. The second kappa shape index (κ2) is 4.65. The Bertz CT molecular complexity index is 639. The van der Waals surface area contributed by atoms with Crippen molar-refractivity contribution in [2.45, 2.75) is 13.1 Å². The number of nitrogens with two attached hydrogens (primary N) is 1. The number of benzene rings is 1. The number of hydrogen-bond donors (Lipinski definition) is 1. The Labute approximate surface area is 118 Å². The quantitative estimate of drug-likeness (QED) is 0.803. The monoisotopic (exact) mass is 321 g/mol. The lowest BCUT2D eigenvalue weighted by molar-refractivity contribution is 0.0707. The molecule has 0 atom stereocenters. The van der Waals surface area contributed by atoms with Gasteiger partial charge in [0.1, 0.15) is 6.33 Å². The normalized spacial score (nSPS) is 14.3. The number of rotatable bonds is 1. The molecule has 3 rings (SSSR count). The Kier molecular flexibility index (Phi) is 2.98. The molecular formula is C12H12BrN5O. The summed E-state index contributed by atoms with van der Waals surface area (Å²) < 4.78 is 2.70. The molecule has 1 aliphatic heterocycles. The number of nitrogen functional groups attached to an aromatic ring is 1. The van der Waals surface area contributed by atoms with Crippen molar-refractivity contribution in [3.8, 4) is 0 Å². The van der Waals surface area contributed by atoms with Crippen LogP contribution in [0.2, 0.25) is 0 Å². The third-order valence-corrected chi connectivity index (χ3v) is 3.86. The third-order valence-electron chi connectivity index (χ3n) is 3.17. The van der Waals surface area contributed by atoms with Crippen LogP contribution in [0.3, 0.4) is 0 Å². The minimum atomic E-state index is -0.0186. The maximum atomic E-state index is 12.4. The zero-order valence-electron chi connectivity index (χ0n) is 10.1. The van der Waals surface area contributed by atoms with Gasteiger partial charge in [-0.3, -0.25) is 4.79 Å². The van der Waals surface area contributed by atoms with Gasteiger partial charge in [0.2, 0.25) is 0 Å². The summed E-state index contributed by atoms with van der Waals surface area (Å²) in [4.78, 5) is 14.2. The first-order chi connectivity index (χ1) is 9.15. The smallest absolute Gasteiger partial charge is 0.254 e. The molecule has 0 aliphatic carbocycles. The van der Waals surface area contributed by atoms with E-state index in [9.17, 15) is 4.79 Å². The van der Waals surface area contributed by atoms with Crippen molar-refractivity contribution < 1.29 is 4.79 Å². The summed E-state index contributed by atoms with van der Waals surface area (Å²) in [6, 6.07) is 5.21. The number of carbonyl (C=O) groups is 1. The standard InChI is InChI=1S/C12H12BrN5O/c13-9-5-8(1-2-10(9)14)12(19)17-3-4-18-7-15-16-11(18)6-17/h1-2,5,7H,3-4,6,14H2. The van der Waals surface area contributed by atoms with Crippen molar-refractivity contribution in [3.05, 3.63) is 40.4 Å². The molecule has 2 aromatic rings. The van der Waals surface area contributed by atoms with Crippen LogP contribution < -0.4 is 5.73 Å². The molecule has 1 aliphatic rings. The van der Waals surface area contributed by atoms with Crippen molar-refractivity contribution in [2.75, 3.05) is 12.3 Å². The lowest BCUT2D eigenvalue weighted by atomic mass is 10.1. The lowest BCUT2D eigenvalue weighted by Crippen LogP contribution is -2.38. The van der Waals surface area contributed by atoms with Crippen molar-refractivity contribution in [2.24, 2.45) is 0 Å². The van der Waals surface area contributed by atoms with E-state index < -0.39 is 0 Å². The topological polar surface area (TPSA) is 77.0 Å². The fourth-order valence-corrected chi connectivity index (χ4v) is 2.46. The number of halogens is 1. The second-order valence-corrected chi connectivity index (χ2v) is 5.26. The Balaban J connectivity index is 1.83. The van der Waals surface area contributed by atoms with Crippen LogP contribution in [-0.4, -0.2) is 32.1 Å². The number of carbonyl (C=O) groups excluding carboxylic acids is 1. The molecule has 2 heterocycles. The van der Waals surface area contributed by atoms with Crippen molar-refractivity contribution >= 4 is 27.5 Å². The molecule has 1 amide bonds. The van der Waals surface area contributed by atoms with Gasteiger partial charge < -0.3 is 15.2 Å². The summed E-state index contributed by atoms with van der Waals surface area (Å²) in [6.07, 6.45) is 1.69. The van der Waals surface area contributed by atoms with Gasteiger partial charge in [-0.25, -0.2) is 0 Å². The van der Waals surface area contributed by atoms with Crippen molar-refractivity contribution in [3.63, 3.8) is 0 Å². The SMILES string of the molecule is Nc1ccc(C(=O)N2CCn3cnnc3C2)cc1Br. The van der Waals surface area contributed by atoms with Crippen LogP contribution in [0.1, 0.15) is 16.2 Å². The van der Waals surface area contributed by atoms with E-state index in [-0.39, 0.29) is 5.91 Å². The van der Waals surface area contributed by atoms with Crippen molar-refractivity contribution in [1.82, 2.24) is 19.7 Å². The Hall–Kier alpha value is -1.89. The molecule has 98 valence electrons. The maximum Gasteiger partial charge on any atom is 0.254 e. The van der Waals surface area contributed by atoms with E-state index in [2.05, 4.69) is 26.1 Å². The number of hydrogen-bond acceptors (Lipinski definition) is 4. The molecule has 1 aromatic heterocycles. The fraction of sp³-hybridized carbons (Fsp3) is 0.250. The summed E-state index contributed by atoms with van der Waals surface area (Å²) >= 11 is 3.34. The van der Waals surface area contributed by atoms with Gasteiger partial charge in [0.25, 0.3) is 5.91 Å². The molecule has 7 heteroatoms. The number of amides is 1. The number of nitrogens with zero attached hydrogens (tertiary/aromatic N) is 4. The number of anilines is 1. The van der Waals surface area contributed by atoms with Crippen LogP contribution in [0.15, 0.2) is 29.0 Å². The van der Waals surface area contributed by atoms with Crippen LogP contribution in [0.25, 0.3) is 0 Å². The predicted octanol–water partition coefficient (Wildman–Crippen LogP) is 1.28. The highest BCUT2D eigenvalue weighted by atomic mass is 79.9. The zero-order valence-corrected chi connectivity index (χ0v) is 11.7. The van der Waals surface area contributed by atoms with Gasteiger partial charge in [-0.1, -0.05) is 0 Å². The lowest BCUT2D eigenvalue weighted by Gasteiger charge is -2.27. The van der Waals surface area contributed by atoms with Crippen LogP contribution in [0.5, 0.6) is 0 Å². The van der Waals surface area contributed by atoms with Crippen LogP contribution in [0, 0.1) is 0 Å². The summed E-state index contributed by atoms with van der Waals surface area (Å²) in [5, 5.41) is 7.85. The van der Waals surface area contributed by atoms with Crippen LogP contribution >= 0.6 is 15.9 Å². The molecular weight excluding hydrogens is 310 g/mol. The molecule has 2 N–H and O–H groups in total.